The number of rotatable bonds is 3. The van der Waals surface area contributed by atoms with Gasteiger partial charge in [0.1, 0.15) is 13.2 Å². The van der Waals surface area contributed by atoms with Gasteiger partial charge in [0.2, 0.25) is 5.56 Å². The van der Waals surface area contributed by atoms with Crippen molar-refractivity contribution in [2.75, 3.05) is 13.2 Å². The molecule has 23 heavy (non-hydrogen) atoms. The minimum atomic E-state index is -0.268. The van der Waals surface area contributed by atoms with Gasteiger partial charge in [-0.3, -0.25) is 9.59 Å². The molecule has 0 bridgehead atoms. The lowest BCUT2D eigenvalue weighted by Gasteiger charge is -2.22. The summed E-state index contributed by atoms with van der Waals surface area (Å²) in [6, 6.07) is 6.25. The SMILES string of the molecule is CC(NC(=O)c1ccc(=O)[nH]c1)c1cc2c(cc1Br)OCCO2. The Morgan fingerprint density at radius 3 is 2.61 bits per heavy atom. The highest BCUT2D eigenvalue weighted by atomic mass is 79.9. The number of nitrogens with one attached hydrogen (secondary N) is 2. The van der Waals surface area contributed by atoms with Gasteiger partial charge in [-0.1, -0.05) is 15.9 Å². The highest BCUT2D eigenvalue weighted by Gasteiger charge is 2.19. The molecular formula is C16H15BrN2O4. The molecule has 6 nitrogen and oxygen atoms in total. The molecular weight excluding hydrogens is 364 g/mol. The Bertz CT molecular complexity index is 783. The van der Waals surface area contributed by atoms with E-state index in [2.05, 4.69) is 26.2 Å². The average Bonchev–Trinajstić information content (AvgIpc) is 2.54. The zero-order valence-electron chi connectivity index (χ0n) is 12.4. The Morgan fingerprint density at radius 2 is 1.96 bits per heavy atom. The van der Waals surface area contributed by atoms with Crippen LogP contribution < -0.4 is 20.3 Å². The first-order chi connectivity index (χ1) is 11.0. The van der Waals surface area contributed by atoms with Gasteiger partial charge in [-0.05, 0) is 30.7 Å². The number of aromatic nitrogens is 1. The van der Waals surface area contributed by atoms with Crippen LogP contribution in [0.15, 0.2) is 39.7 Å². The number of carbonyl (C=O) groups excluding carboxylic acids is 1. The van der Waals surface area contributed by atoms with Crippen molar-refractivity contribution >= 4 is 21.8 Å². The third-order valence-electron chi connectivity index (χ3n) is 3.52. The van der Waals surface area contributed by atoms with Crippen molar-refractivity contribution in [3.63, 3.8) is 0 Å². The number of halogens is 1. The molecule has 0 spiro atoms. The van der Waals surface area contributed by atoms with Crippen molar-refractivity contribution in [1.82, 2.24) is 10.3 Å². The summed E-state index contributed by atoms with van der Waals surface area (Å²) >= 11 is 3.50. The number of benzene rings is 1. The first kappa shape index (κ1) is 15.6. The zero-order valence-corrected chi connectivity index (χ0v) is 14.0. The van der Waals surface area contributed by atoms with Gasteiger partial charge in [0.15, 0.2) is 11.5 Å². The predicted octanol–water partition coefficient (Wildman–Crippen LogP) is 2.40. The van der Waals surface area contributed by atoms with Gasteiger partial charge in [0.25, 0.3) is 5.91 Å². The molecule has 0 saturated carbocycles. The van der Waals surface area contributed by atoms with E-state index in [4.69, 9.17) is 9.47 Å². The molecule has 1 atom stereocenters. The fourth-order valence-electron chi connectivity index (χ4n) is 2.32. The standard InChI is InChI=1S/C16H15BrN2O4/c1-9(19-16(21)10-2-3-15(20)18-8-10)11-6-13-14(7-12(11)17)23-5-4-22-13/h2-3,6-9H,4-5H2,1H3,(H,18,20)(H,19,21). The molecule has 1 amide bonds. The second kappa shape index (κ2) is 6.45. The Labute approximate surface area is 140 Å². The van der Waals surface area contributed by atoms with Gasteiger partial charge in [0.05, 0.1) is 11.6 Å². The molecule has 2 N–H and O–H groups in total. The maximum atomic E-state index is 12.2. The van der Waals surface area contributed by atoms with E-state index in [1.807, 2.05) is 19.1 Å². The summed E-state index contributed by atoms with van der Waals surface area (Å²) in [6.07, 6.45) is 1.39. The van der Waals surface area contributed by atoms with Gasteiger partial charge in [-0.25, -0.2) is 0 Å². The Morgan fingerprint density at radius 1 is 1.26 bits per heavy atom. The number of aromatic amines is 1. The summed E-state index contributed by atoms with van der Waals surface area (Å²) in [4.78, 5) is 25.8. The number of carbonyl (C=O) groups is 1. The molecule has 3 rings (SSSR count). The van der Waals surface area contributed by atoms with Crippen molar-refractivity contribution in [3.05, 3.63) is 56.4 Å². The van der Waals surface area contributed by atoms with Gasteiger partial charge >= 0.3 is 0 Å². The van der Waals surface area contributed by atoms with Crippen molar-refractivity contribution in [2.45, 2.75) is 13.0 Å². The number of pyridine rings is 1. The highest BCUT2D eigenvalue weighted by molar-refractivity contribution is 9.10. The Balaban J connectivity index is 1.80. The van der Waals surface area contributed by atoms with Crippen LogP contribution in [-0.4, -0.2) is 24.1 Å². The first-order valence-electron chi connectivity index (χ1n) is 7.13. The van der Waals surface area contributed by atoms with E-state index in [0.717, 1.165) is 10.0 Å². The van der Waals surface area contributed by atoms with E-state index >= 15 is 0 Å². The average molecular weight is 379 g/mol. The van der Waals surface area contributed by atoms with Crippen LogP contribution in [0.1, 0.15) is 28.9 Å². The van der Waals surface area contributed by atoms with Crippen molar-refractivity contribution < 1.29 is 14.3 Å². The van der Waals surface area contributed by atoms with E-state index in [-0.39, 0.29) is 17.5 Å². The van der Waals surface area contributed by atoms with Crippen LogP contribution in [0.3, 0.4) is 0 Å². The molecule has 1 aromatic heterocycles. The van der Waals surface area contributed by atoms with Gasteiger partial charge in [-0.15, -0.1) is 0 Å². The molecule has 1 unspecified atom stereocenters. The number of hydrogen-bond donors (Lipinski definition) is 2. The second-order valence-corrected chi connectivity index (χ2v) is 6.01. The lowest BCUT2D eigenvalue weighted by Crippen LogP contribution is -2.27. The highest BCUT2D eigenvalue weighted by Crippen LogP contribution is 2.37. The molecule has 2 heterocycles. The summed E-state index contributed by atoms with van der Waals surface area (Å²) in [7, 11) is 0. The van der Waals surface area contributed by atoms with Crippen LogP contribution in [0.4, 0.5) is 0 Å². The second-order valence-electron chi connectivity index (χ2n) is 5.15. The van der Waals surface area contributed by atoms with Gasteiger partial charge in [0, 0.05) is 16.7 Å². The fourth-order valence-corrected chi connectivity index (χ4v) is 2.99. The molecule has 7 heteroatoms. The Kier molecular flexibility index (Phi) is 4.38. The van der Waals surface area contributed by atoms with E-state index in [1.54, 1.807) is 0 Å². The van der Waals surface area contributed by atoms with E-state index in [0.29, 0.717) is 30.3 Å². The molecule has 1 aliphatic rings. The number of fused-ring (bicyclic) bond motifs is 1. The number of amides is 1. The minimum Gasteiger partial charge on any atom is -0.486 e. The zero-order chi connectivity index (χ0) is 16.4. The lowest BCUT2D eigenvalue weighted by molar-refractivity contribution is 0.0939. The summed E-state index contributed by atoms with van der Waals surface area (Å²) in [6.45, 7) is 2.91. The lowest BCUT2D eigenvalue weighted by atomic mass is 10.1. The summed E-state index contributed by atoms with van der Waals surface area (Å²) in [5.74, 6) is 1.08. The van der Waals surface area contributed by atoms with Crippen molar-refractivity contribution in [2.24, 2.45) is 0 Å². The van der Waals surface area contributed by atoms with Crippen molar-refractivity contribution in [3.8, 4) is 11.5 Å². The molecule has 0 fully saturated rings. The topological polar surface area (TPSA) is 80.4 Å². The van der Waals surface area contributed by atoms with E-state index in [9.17, 15) is 9.59 Å². The third-order valence-corrected chi connectivity index (χ3v) is 4.21. The van der Waals surface area contributed by atoms with Crippen LogP contribution >= 0.6 is 15.9 Å². The maximum absolute atomic E-state index is 12.2. The fraction of sp³-hybridized carbons (Fsp3) is 0.250. The molecule has 120 valence electrons. The maximum Gasteiger partial charge on any atom is 0.253 e. The van der Waals surface area contributed by atoms with Crippen molar-refractivity contribution in [1.29, 1.82) is 0 Å². The summed E-state index contributed by atoms with van der Waals surface area (Å²) in [5.41, 5.74) is 1.03. The summed E-state index contributed by atoms with van der Waals surface area (Å²) < 4.78 is 11.9. The van der Waals surface area contributed by atoms with Crippen LogP contribution in [0, 0.1) is 0 Å². The van der Waals surface area contributed by atoms with E-state index in [1.165, 1.54) is 18.3 Å². The normalized spacial score (nSPS) is 14.2. The molecule has 0 aliphatic carbocycles. The van der Waals surface area contributed by atoms with Crippen LogP contribution in [0.25, 0.3) is 0 Å². The molecule has 1 aliphatic heterocycles. The monoisotopic (exact) mass is 378 g/mol. The molecule has 0 radical (unpaired) electrons. The van der Waals surface area contributed by atoms with E-state index < -0.39 is 0 Å². The number of hydrogen-bond acceptors (Lipinski definition) is 4. The summed E-state index contributed by atoms with van der Waals surface area (Å²) in [5, 5.41) is 2.89. The van der Waals surface area contributed by atoms with Gasteiger partial charge in [-0.2, -0.15) is 0 Å². The van der Waals surface area contributed by atoms with Gasteiger partial charge < -0.3 is 19.8 Å². The van der Waals surface area contributed by atoms with Crippen LogP contribution in [-0.2, 0) is 0 Å². The number of H-pyrrole nitrogens is 1. The van der Waals surface area contributed by atoms with Crippen LogP contribution in [0.2, 0.25) is 0 Å². The Hall–Kier alpha value is -2.28. The molecule has 1 aromatic carbocycles. The first-order valence-corrected chi connectivity index (χ1v) is 7.92. The smallest absolute Gasteiger partial charge is 0.253 e. The minimum absolute atomic E-state index is 0.246. The molecule has 2 aromatic rings. The largest absolute Gasteiger partial charge is 0.486 e. The number of ether oxygens (including phenoxy) is 2. The molecule has 0 saturated heterocycles. The third kappa shape index (κ3) is 3.39. The quantitative estimate of drug-likeness (QED) is 0.859. The predicted molar refractivity (Wildman–Crippen MR) is 88.1 cm³/mol. The van der Waals surface area contributed by atoms with Crippen LogP contribution in [0.5, 0.6) is 11.5 Å².